The summed E-state index contributed by atoms with van der Waals surface area (Å²) >= 11 is 0. The van der Waals surface area contributed by atoms with Gasteiger partial charge in [0.25, 0.3) is 0 Å². The van der Waals surface area contributed by atoms with Gasteiger partial charge in [-0.05, 0) is 43.3 Å². The Bertz CT molecular complexity index is 974. The molecule has 0 saturated heterocycles. The van der Waals surface area contributed by atoms with Crippen LogP contribution in [0.5, 0.6) is 5.75 Å². The number of imidazole rings is 1. The number of anilines is 2. The van der Waals surface area contributed by atoms with Gasteiger partial charge >= 0.3 is 0 Å². The molecule has 1 N–H and O–H groups in total. The summed E-state index contributed by atoms with van der Waals surface area (Å²) in [4.78, 5) is 8.88. The molecule has 0 radical (unpaired) electrons. The number of fused-ring (bicyclic) bond motifs is 1. The Balaban J connectivity index is 1.73. The van der Waals surface area contributed by atoms with Crippen LogP contribution < -0.4 is 10.1 Å². The van der Waals surface area contributed by atoms with Crippen molar-refractivity contribution in [2.45, 2.75) is 6.92 Å². The smallest absolute Gasteiger partial charge is 0.245 e. The first-order valence-electron chi connectivity index (χ1n) is 7.42. The summed E-state index contributed by atoms with van der Waals surface area (Å²) in [7, 11) is 1.64. The average molecular weight is 321 g/mol. The molecule has 4 aromatic rings. The van der Waals surface area contributed by atoms with Crippen molar-refractivity contribution in [3.8, 4) is 17.3 Å². The van der Waals surface area contributed by atoms with E-state index >= 15 is 0 Å². The number of methoxy groups -OCH3 is 1. The topological polar surface area (TPSA) is 77.5 Å². The summed E-state index contributed by atoms with van der Waals surface area (Å²) < 4.78 is 12.3. The third kappa shape index (κ3) is 2.45. The zero-order valence-corrected chi connectivity index (χ0v) is 13.2. The summed E-state index contributed by atoms with van der Waals surface area (Å²) in [5.74, 6) is 2.57. The third-order valence-corrected chi connectivity index (χ3v) is 3.66. The second kappa shape index (κ2) is 5.69. The van der Waals surface area contributed by atoms with E-state index in [-0.39, 0.29) is 0 Å². The fourth-order valence-electron chi connectivity index (χ4n) is 2.45. The van der Waals surface area contributed by atoms with Crippen LogP contribution in [0, 0.1) is 6.92 Å². The first-order chi connectivity index (χ1) is 11.7. The Labute approximate surface area is 137 Å². The van der Waals surface area contributed by atoms with E-state index in [2.05, 4.69) is 20.4 Å². The van der Waals surface area contributed by atoms with E-state index in [4.69, 9.17) is 9.15 Å². The highest BCUT2D eigenvalue weighted by molar-refractivity contribution is 5.62. The highest BCUT2D eigenvalue weighted by atomic mass is 16.5. The lowest BCUT2D eigenvalue weighted by Crippen LogP contribution is -2.03. The molecule has 0 aliphatic carbocycles. The van der Waals surface area contributed by atoms with Gasteiger partial charge < -0.3 is 14.5 Å². The van der Waals surface area contributed by atoms with E-state index in [0.29, 0.717) is 17.5 Å². The predicted molar refractivity (Wildman–Crippen MR) is 89.5 cm³/mol. The molecule has 120 valence electrons. The van der Waals surface area contributed by atoms with E-state index < -0.39 is 0 Å². The Morgan fingerprint density at radius 3 is 2.71 bits per heavy atom. The van der Waals surface area contributed by atoms with Crippen LogP contribution in [0.15, 0.2) is 53.3 Å². The second-order valence-corrected chi connectivity index (χ2v) is 5.23. The van der Waals surface area contributed by atoms with Crippen LogP contribution in [-0.2, 0) is 0 Å². The van der Waals surface area contributed by atoms with E-state index in [0.717, 1.165) is 22.6 Å². The van der Waals surface area contributed by atoms with Gasteiger partial charge in [-0.15, -0.1) is 5.10 Å². The molecule has 0 unspecified atom stereocenters. The SMILES string of the molecule is COc1ccc(Nc2ncc3c(C)nc(-c4ccco4)n3n2)cc1. The van der Waals surface area contributed by atoms with Gasteiger partial charge in [-0.2, -0.15) is 0 Å². The number of benzene rings is 1. The quantitative estimate of drug-likeness (QED) is 0.620. The van der Waals surface area contributed by atoms with Gasteiger partial charge in [0.1, 0.15) is 11.3 Å². The normalized spacial score (nSPS) is 10.9. The molecule has 0 saturated carbocycles. The Morgan fingerprint density at radius 2 is 2.00 bits per heavy atom. The standard InChI is InChI=1S/C17H15N5O2/c1-11-14-10-18-17(20-12-5-7-13(23-2)8-6-12)21-22(14)16(19-11)15-4-3-9-24-15/h3-10H,1-2H3,(H,20,21). The predicted octanol–water partition coefficient (Wildman–Crippen LogP) is 3.44. The minimum absolute atomic E-state index is 0.470. The van der Waals surface area contributed by atoms with Crippen molar-refractivity contribution < 1.29 is 9.15 Å². The lowest BCUT2D eigenvalue weighted by atomic mass is 10.3. The highest BCUT2D eigenvalue weighted by Crippen LogP contribution is 2.23. The van der Waals surface area contributed by atoms with Crippen LogP contribution in [0.4, 0.5) is 11.6 Å². The van der Waals surface area contributed by atoms with Gasteiger partial charge in [0.15, 0.2) is 11.6 Å². The molecular weight excluding hydrogens is 306 g/mol. The Morgan fingerprint density at radius 1 is 1.17 bits per heavy atom. The van der Waals surface area contributed by atoms with Crippen molar-refractivity contribution in [3.63, 3.8) is 0 Å². The summed E-state index contributed by atoms with van der Waals surface area (Å²) in [5, 5.41) is 7.70. The van der Waals surface area contributed by atoms with Crippen molar-refractivity contribution in [2.75, 3.05) is 12.4 Å². The first-order valence-corrected chi connectivity index (χ1v) is 7.42. The van der Waals surface area contributed by atoms with Crippen LogP contribution in [0.1, 0.15) is 5.69 Å². The number of aryl methyl sites for hydroxylation is 1. The van der Waals surface area contributed by atoms with Crippen LogP contribution in [0.25, 0.3) is 17.1 Å². The van der Waals surface area contributed by atoms with Crippen molar-refractivity contribution in [3.05, 3.63) is 54.6 Å². The molecule has 0 fully saturated rings. The number of furan rings is 1. The maximum Gasteiger partial charge on any atom is 0.245 e. The van der Waals surface area contributed by atoms with E-state index in [1.165, 1.54) is 0 Å². The molecule has 0 atom stereocenters. The van der Waals surface area contributed by atoms with Gasteiger partial charge in [-0.3, -0.25) is 0 Å². The molecule has 1 aromatic carbocycles. The van der Waals surface area contributed by atoms with Crippen molar-refractivity contribution in [2.24, 2.45) is 0 Å². The molecule has 4 rings (SSSR count). The third-order valence-electron chi connectivity index (χ3n) is 3.66. The van der Waals surface area contributed by atoms with Crippen LogP contribution in [-0.4, -0.2) is 26.7 Å². The number of aromatic nitrogens is 4. The molecule has 3 heterocycles. The van der Waals surface area contributed by atoms with Gasteiger partial charge in [0.05, 0.1) is 25.3 Å². The minimum Gasteiger partial charge on any atom is -0.497 e. The Hall–Kier alpha value is -3.35. The fraction of sp³-hybridized carbons (Fsp3) is 0.118. The van der Waals surface area contributed by atoms with Crippen molar-refractivity contribution in [1.82, 2.24) is 19.6 Å². The monoisotopic (exact) mass is 321 g/mol. The molecular formula is C17H15N5O2. The molecule has 7 heteroatoms. The largest absolute Gasteiger partial charge is 0.497 e. The molecule has 0 spiro atoms. The van der Waals surface area contributed by atoms with Crippen LogP contribution in [0.3, 0.4) is 0 Å². The van der Waals surface area contributed by atoms with E-state index in [1.54, 1.807) is 24.1 Å². The van der Waals surface area contributed by atoms with E-state index in [9.17, 15) is 0 Å². The number of rotatable bonds is 4. The zero-order chi connectivity index (χ0) is 16.5. The van der Waals surface area contributed by atoms with Gasteiger partial charge in [0.2, 0.25) is 5.95 Å². The molecule has 0 aliphatic heterocycles. The zero-order valence-electron chi connectivity index (χ0n) is 13.2. The maximum absolute atomic E-state index is 5.45. The molecule has 24 heavy (non-hydrogen) atoms. The van der Waals surface area contributed by atoms with Crippen molar-refractivity contribution >= 4 is 17.2 Å². The molecule has 0 bridgehead atoms. The summed E-state index contributed by atoms with van der Waals surface area (Å²) in [6.45, 7) is 1.92. The number of nitrogens with one attached hydrogen (secondary N) is 1. The second-order valence-electron chi connectivity index (χ2n) is 5.23. The Kier molecular flexibility index (Phi) is 3.38. The van der Waals surface area contributed by atoms with E-state index in [1.807, 2.05) is 43.3 Å². The molecule has 0 amide bonds. The van der Waals surface area contributed by atoms with Gasteiger partial charge in [0, 0.05) is 5.69 Å². The lowest BCUT2D eigenvalue weighted by Gasteiger charge is -2.06. The number of nitrogens with zero attached hydrogens (tertiary/aromatic N) is 4. The lowest BCUT2D eigenvalue weighted by molar-refractivity contribution is 0.415. The molecule has 0 aliphatic rings. The first kappa shape index (κ1) is 14.3. The van der Waals surface area contributed by atoms with Crippen molar-refractivity contribution in [1.29, 1.82) is 0 Å². The summed E-state index contributed by atoms with van der Waals surface area (Å²) in [6.07, 6.45) is 3.36. The number of hydrogen-bond donors (Lipinski definition) is 1. The summed E-state index contributed by atoms with van der Waals surface area (Å²) in [5.41, 5.74) is 2.55. The number of hydrogen-bond acceptors (Lipinski definition) is 6. The average Bonchev–Trinajstić information content (AvgIpc) is 3.24. The maximum atomic E-state index is 5.45. The fourth-order valence-corrected chi connectivity index (χ4v) is 2.45. The summed E-state index contributed by atoms with van der Waals surface area (Å²) in [6, 6.07) is 11.2. The minimum atomic E-state index is 0.470. The van der Waals surface area contributed by atoms with Gasteiger partial charge in [-0.25, -0.2) is 14.5 Å². The number of ether oxygens (including phenoxy) is 1. The van der Waals surface area contributed by atoms with Gasteiger partial charge in [-0.1, -0.05) is 0 Å². The van der Waals surface area contributed by atoms with Crippen LogP contribution in [0.2, 0.25) is 0 Å². The van der Waals surface area contributed by atoms with Crippen LogP contribution >= 0.6 is 0 Å². The molecule has 7 nitrogen and oxygen atoms in total. The highest BCUT2D eigenvalue weighted by Gasteiger charge is 2.14. The molecule has 3 aromatic heterocycles.